The molecule has 3 nitrogen and oxygen atoms in total. The van der Waals surface area contributed by atoms with E-state index in [4.69, 9.17) is 23.1 Å². The van der Waals surface area contributed by atoms with E-state index in [9.17, 15) is 0 Å². The molecule has 18 heavy (non-hydrogen) atoms. The van der Waals surface area contributed by atoms with Crippen LogP contribution in [0.15, 0.2) is 23.2 Å². The zero-order chi connectivity index (χ0) is 12.0. The van der Waals surface area contributed by atoms with Gasteiger partial charge in [0.25, 0.3) is 0 Å². The Morgan fingerprint density at radius 1 is 1.39 bits per heavy atom. The molecule has 0 saturated heterocycles. The molecule has 0 bridgehead atoms. The highest BCUT2D eigenvalue weighted by molar-refractivity contribution is 8.13. The van der Waals surface area contributed by atoms with Gasteiger partial charge in [-0.1, -0.05) is 36.4 Å². The molecule has 7 heteroatoms. The topological polar surface area (TPSA) is 64.4 Å². The summed E-state index contributed by atoms with van der Waals surface area (Å²) in [6.07, 6.45) is 0.780. The summed E-state index contributed by atoms with van der Waals surface area (Å²) in [6.45, 7) is 2.63. The molecule has 0 aromatic heterocycles. The van der Waals surface area contributed by atoms with Gasteiger partial charge >= 0.3 is 0 Å². The monoisotopic (exact) mass is 329 g/mol. The van der Waals surface area contributed by atoms with E-state index in [2.05, 4.69) is 4.99 Å². The van der Waals surface area contributed by atoms with Crippen LogP contribution in [0.4, 0.5) is 5.69 Å². The van der Waals surface area contributed by atoms with Gasteiger partial charge in [0.2, 0.25) is 0 Å². The molecule has 0 heterocycles. The van der Waals surface area contributed by atoms with Crippen molar-refractivity contribution in [1.82, 2.24) is 0 Å². The maximum absolute atomic E-state index is 6.10. The van der Waals surface area contributed by atoms with Crippen molar-refractivity contribution in [1.29, 1.82) is 0 Å². The van der Waals surface area contributed by atoms with E-state index in [0.717, 1.165) is 23.4 Å². The van der Waals surface area contributed by atoms with Crippen LogP contribution in [0.25, 0.3) is 0 Å². The maximum atomic E-state index is 6.10. The highest BCUT2D eigenvalue weighted by atomic mass is 35.5. The third-order valence-corrected chi connectivity index (χ3v) is 3.01. The molecule has 0 saturated carbocycles. The van der Waals surface area contributed by atoms with Gasteiger partial charge in [-0.05, 0) is 36.4 Å². The van der Waals surface area contributed by atoms with Crippen LogP contribution in [0.1, 0.15) is 12.5 Å². The molecule has 0 spiro atoms. The molecule has 0 radical (unpaired) electrons. The number of rotatable bonds is 4. The number of thioether (sulfide) groups is 1. The molecule has 0 atom stereocenters. The van der Waals surface area contributed by atoms with Gasteiger partial charge in [0.1, 0.15) is 0 Å². The van der Waals surface area contributed by atoms with E-state index in [0.29, 0.717) is 16.7 Å². The number of hydrogen-bond acceptors (Lipinski definition) is 3. The molecule has 1 aromatic rings. The largest absolute Gasteiger partial charge is 0.378 e. The average molecular weight is 331 g/mol. The molecule has 1 aromatic carbocycles. The molecule has 0 fully saturated rings. The van der Waals surface area contributed by atoms with E-state index in [1.807, 2.05) is 25.1 Å². The van der Waals surface area contributed by atoms with E-state index in [1.165, 1.54) is 11.8 Å². The van der Waals surface area contributed by atoms with Crippen molar-refractivity contribution < 1.29 is 0 Å². The van der Waals surface area contributed by atoms with E-state index < -0.39 is 0 Å². The molecule has 0 aliphatic rings. The molecule has 0 aliphatic carbocycles. The maximum Gasteiger partial charge on any atom is 0.159 e. The Bertz CT molecular complexity index is 386. The minimum atomic E-state index is 0. The quantitative estimate of drug-likeness (QED) is 0.657. The standard InChI is InChI=1S/C11H16ClN3S.2ClH/c1-2-16-11(14)15-9-4-3-8(5-6-13)10(12)7-9;;/h3-4,7H,2,5-6,13H2,1H3,(H2,14,15);2*1H. The van der Waals surface area contributed by atoms with Crippen molar-refractivity contribution in [3.05, 3.63) is 28.8 Å². The minimum Gasteiger partial charge on any atom is -0.378 e. The van der Waals surface area contributed by atoms with Crippen molar-refractivity contribution in [2.45, 2.75) is 13.3 Å². The van der Waals surface area contributed by atoms with Gasteiger partial charge < -0.3 is 11.5 Å². The summed E-state index contributed by atoms with van der Waals surface area (Å²) in [5, 5.41) is 1.26. The van der Waals surface area contributed by atoms with Crippen molar-refractivity contribution in [2.75, 3.05) is 12.3 Å². The first-order valence-corrected chi connectivity index (χ1v) is 6.49. The van der Waals surface area contributed by atoms with Gasteiger partial charge in [-0.25, -0.2) is 4.99 Å². The molecule has 1 rings (SSSR count). The summed E-state index contributed by atoms with van der Waals surface area (Å²) in [7, 11) is 0. The van der Waals surface area contributed by atoms with Crippen molar-refractivity contribution in [3.63, 3.8) is 0 Å². The van der Waals surface area contributed by atoms with Gasteiger partial charge in [0.15, 0.2) is 5.17 Å². The van der Waals surface area contributed by atoms with Crippen LogP contribution >= 0.6 is 48.2 Å². The Morgan fingerprint density at radius 2 is 2.06 bits per heavy atom. The number of halogens is 3. The number of aliphatic imine (C=N–C) groups is 1. The molecule has 0 amide bonds. The summed E-state index contributed by atoms with van der Waals surface area (Å²) in [5.41, 5.74) is 13.0. The third-order valence-electron chi connectivity index (χ3n) is 1.98. The fourth-order valence-electron chi connectivity index (χ4n) is 1.27. The Kier molecular flexibility index (Phi) is 12.1. The fraction of sp³-hybridized carbons (Fsp3) is 0.364. The molecule has 4 N–H and O–H groups in total. The molecule has 0 unspecified atom stereocenters. The Hall–Kier alpha value is -0.130. The SMILES string of the molecule is CCSC(N)=Nc1ccc(CCN)c(Cl)c1.Cl.Cl. The summed E-state index contributed by atoms with van der Waals surface area (Å²) in [4.78, 5) is 4.25. The molecular formula is C11H18Cl3N3S. The van der Waals surface area contributed by atoms with E-state index >= 15 is 0 Å². The second kappa shape index (κ2) is 10.8. The van der Waals surface area contributed by atoms with Crippen LogP contribution in [-0.2, 0) is 6.42 Å². The van der Waals surface area contributed by atoms with E-state index in [-0.39, 0.29) is 24.8 Å². The second-order valence-corrected chi connectivity index (χ2v) is 4.89. The fourth-order valence-corrected chi connectivity index (χ4v) is 2.01. The Balaban J connectivity index is 0. The van der Waals surface area contributed by atoms with Crippen LogP contribution in [0.3, 0.4) is 0 Å². The van der Waals surface area contributed by atoms with Crippen LogP contribution in [0.5, 0.6) is 0 Å². The zero-order valence-corrected chi connectivity index (χ0v) is 13.3. The first kappa shape index (κ1) is 20.2. The molecule has 104 valence electrons. The predicted octanol–water partition coefficient (Wildman–Crippen LogP) is 3.38. The van der Waals surface area contributed by atoms with Gasteiger partial charge in [0.05, 0.1) is 5.69 Å². The zero-order valence-electron chi connectivity index (χ0n) is 10.1. The van der Waals surface area contributed by atoms with Crippen LogP contribution in [0, 0.1) is 0 Å². The minimum absolute atomic E-state index is 0. The smallest absolute Gasteiger partial charge is 0.159 e. The highest BCUT2D eigenvalue weighted by Gasteiger charge is 2.01. The second-order valence-electron chi connectivity index (χ2n) is 3.20. The first-order chi connectivity index (χ1) is 7.67. The number of benzene rings is 1. The first-order valence-electron chi connectivity index (χ1n) is 5.12. The van der Waals surface area contributed by atoms with Crippen LogP contribution < -0.4 is 11.5 Å². The lowest BCUT2D eigenvalue weighted by Crippen LogP contribution is -2.06. The van der Waals surface area contributed by atoms with Gasteiger partial charge in [0, 0.05) is 5.02 Å². The highest BCUT2D eigenvalue weighted by Crippen LogP contribution is 2.23. The van der Waals surface area contributed by atoms with Crippen molar-refractivity contribution >= 4 is 59.0 Å². The third kappa shape index (κ3) is 6.71. The lowest BCUT2D eigenvalue weighted by molar-refractivity contribution is 0.969. The normalized spacial score (nSPS) is 10.5. The van der Waals surface area contributed by atoms with E-state index in [1.54, 1.807) is 0 Å². The Morgan fingerprint density at radius 3 is 2.56 bits per heavy atom. The lowest BCUT2D eigenvalue weighted by Gasteiger charge is -2.04. The lowest BCUT2D eigenvalue weighted by atomic mass is 10.1. The summed E-state index contributed by atoms with van der Waals surface area (Å²) in [6, 6.07) is 5.66. The van der Waals surface area contributed by atoms with Gasteiger partial charge in [-0.2, -0.15) is 0 Å². The number of nitrogens with two attached hydrogens (primary N) is 2. The van der Waals surface area contributed by atoms with Crippen LogP contribution in [-0.4, -0.2) is 17.5 Å². The van der Waals surface area contributed by atoms with Crippen LogP contribution in [0.2, 0.25) is 5.02 Å². The van der Waals surface area contributed by atoms with Crippen molar-refractivity contribution in [3.8, 4) is 0 Å². The number of amidine groups is 1. The Labute approximate surface area is 130 Å². The number of hydrogen-bond donors (Lipinski definition) is 2. The average Bonchev–Trinajstić information content (AvgIpc) is 2.22. The summed E-state index contributed by atoms with van der Waals surface area (Å²) >= 11 is 7.61. The predicted molar refractivity (Wildman–Crippen MR) is 88.1 cm³/mol. The molecule has 0 aliphatic heterocycles. The van der Waals surface area contributed by atoms with Gasteiger partial charge in [-0.3, -0.25) is 0 Å². The van der Waals surface area contributed by atoms with Crippen molar-refractivity contribution in [2.24, 2.45) is 16.5 Å². The van der Waals surface area contributed by atoms with Gasteiger partial charge in [-0.15, -0.1) is 24.8 Å². The number of nitrogens with zero attached hydrogens (tertiary/aromatic N) is 1. The molecular weight excluding hydrogens is 313 g/mol. The summed E-state index contributed by atoms with van der Waals surface area (Å²) < 4.78 is 0. The summed E-state index contributed by atoms with van der Waals surface area (Å²) in [5.74, 6) is 0.911.